The molecule has 0 aliphatic rings. The summed E-state index contributed by atoms with van der Waals surface area (Å²) in [7, 11) is -0.757. The molecular weight excluding hydrogens is 397 g/mol. The second-order valence-electron chi connectivity index (χ2n) is 6.46. The predicted octanol–water partition coefficient (Wildman–Crippen LogP) is 5.55. The number of phenols is 1. The zero-order valence-corrected chi connectivity index (χ0v) is 17.3. The maximum atomic E-state index is 10.1. The number of halogens is 1. The van der Waals surface area contributed by atoms with Crippen molar-refractivity contribution in [3.8, 4) is 5.75 Å². The van der Waals surface area contributed by atoms with Gasteiger partial charge in [0.2, 0.25) is 0 Å². The first kappa shape index (κ1) is 19.4. The van der Waals surface area contributed by atoms with Crippen LogP contribution < -0.4 is 15.9 Å². The summed E-state index contributed by atoms with van der Waals surface area (Å²) < 4.78 is 0. The van der Waals surface area contributed by atoms with E-state index in [0.717, 1.165) is 5.69 Å². The Hall–Kier alpha value is -2.93. The lowest BCUT2D eigenvalue weighted by atomic mass is 10.2. The topological polar surface area (TPSA) is 32.6 Å². The highest BCUT2D eigenvalue weighted by molar-refractivity contribution is 7.80. The minimum absolute atomic E-state index is 0.118. The highest BCUT2D eigenvalue weighted by Gasteiger charge is 2.18. The summed E-state index contributed by atoms with van der Waals surface area (Å²) >= 11 is 5.93. The van der Waals surface area contributed by atoms with Gasteiger partial charge in [-0.3, -0.25) is 4.99 Å². The highest BCUT2D eigenvalue weighted by Crippen LogP contribution is 2.36. The Morgan fingerprint density at radius 2 is 1.31 bits per heavy atom. The maximum Gasteiger partial charge on any atom is 0.125 e. The van der Waals surface area contributed by atoms with Gasteiger partial charge in [-0.1, -0.05) is 90.5 Å². The van der Waals surface area contributed by atoms with Crippen LogP contribution in [0.5, 0.6) is 5.75 Å². The number of phenolic OH excluding ortho intramolecular Hbond substituents is 1. The number of benzene rings is 4. The molecule has 142 valence electrons. The average molecular weight is 416 g/mol. The number of aromatic hydroxyl groups is 1. The van der Waals surface area contributed by atoms with Gasteiger partial charge in [0.1, 0.15) is 5.75 Å². The first-order chi connectivity index (χ1) is 14.2. The first-order valence-corrected chi connectivity index (χ1v) is 11.0. The van der Waals surface area contributed by atoms with Gasteiger partial charge in [0.05, 0.1) is 5.69 Å². The van der Waals surface area contributed by atoms with Crippen molar-refractivity contribution in [1.82, 2.24) is 0 Å². The fourth-order valence-corrected chi connectivity index (χ4v) is 5.67. The molecule has 2 nitrogen and oxygen atoms in total. The normalized spacial score (nSPS) is 11.2. The van der Waals surface area contributed by atoms with Crippen LogP contribution in [0.4, 0.5) is 5.69 Å². The molecule has 0 radical (unpaired) electrons. The number of hydrogen-bond donors (Lipinski definition) is 1. The Kier molecular flexibility index (Phi) is 6.05. The molecule has 4 aromatic rings. The molecule has 0 bridgehead atoms. The monoisotopic (exact) mass is 415 g/mol. The lowest BCUT2D eigenvalue weighted by Crippen LogP contribution is -2.20. The van der Waals surface area contributed by atoms with E-state index in [4.69, 9.17) is 16.6 Å². The van der Waals surface area contributed by atoms with Crippen molar-refractivity contribution in [3.63, 3.8) is 0 Å². The largest absolute Gasteiger partial charge is 0.507 e. The van der Waals surface area contributed by atoms with E-state index in [1.165, 1.54) is 22.0 Å². The van der Waals surface area contributed by atoms with Crippen molar-refractivity contribution < 1.29 is 5.11 Å². The lowest BCUT2D eigenvalue weighted by molar-refractivity contribution is 0.474. The van der Waals surface area contributed by atoms with Crippen molar-refractivity contribution >= 4 is 47.3 Å². The molecule has 0 amide bonds. The summed E-state index contributed by atoms with van der Waals surface area (Å²) in [5.41, 5.74) is 1.52. The maximum absolute atomic E-state index is 10.1. The van der Waals surface area contributed by atoms with Crippen molar-refractivity contribution in [2.45, 2.75) is 0 Å². The second kappa shape index (κ2) is 9.05. The third-order valence-corrected chi connectivity index (χ3v) is 7.21. The second-order valence-corrected chi connectivity index (χ2v) is 9.08. The van der Waals surface area contributed by atoms with Gasteiger partial charge < -0.3 is 5.11 Å². The zero-order valence-electron chi connectivity index (χ0n) is 15.6. The lowest BCUT2D eigenvalue weighted by Gasteiger charge is -2.20. The van der Waals surface area contributed by atoms with Crippen LogP contribution in [-0.4, -0.2) is 11.3 Å². The standard InChI is InChI=1S/C25H19ClNOP/c26-20-16-15-19(24(28)17-20)18-27-23-13-7-8-14-25(23)29(21-9-3-1-4-10-21)22-11-5-2-6-12-22/h1-18,28H. The molecule has 4 rings (SSSR count). The highest BCUT2D eigenvalue weighted by atomic mass is 35.5. The van der Waals surface area contributed by atoms with Crippen molar-refractivity contribution in [2.24, 2.45) is 4.99 Å². The Labute approximate surface area is 176 Å². The van der Waals surface area contributed by atoms with Crippen LogP contribution in [-0.2, 0) is 0 Å². The van der Waals surface area contributed by atoms with Crippen LogP contribution in [0.3, 0.4) is 0 Å². The Bertz CT molecular complexity index is 1090. The van der Waals surface area contributed by atoms with Gasteiger partial charge in [-0.2, -0.15) is 0 Å². The van der Waals surface area contributed by atoms with E-state index < -0.39 is 7.92 Å². The smallest absolute Gasteiger partial charge is 0.125 e. The fourth-order valence-electron chi connectivity index (χ4n) is 3.11. The molecule has 4 heteroatoms. The number of nitrogens with zero attached hydrogens (tertiary/aromatic N) is 1. The van der Waals surface area contributed by atoms with Crippen LogP contribution >= 0.6 is 19.5 Å². The van der Waals surface area contributed by atoms with E-state index in [2.05, 4.69) is 60.7 Å². The average Bonchev–Trinajstić information content (AvgIpc) is 2.76. The molecule has 0 saturated carbocycles. The SMILES string of the molecule is Oc1cc(Cl)ccc1C=Nc1ccccc1P(c1ccccc1)c1ccccc1. The van der Waals surface area contributed by atoms with Crippen molar-refractivity contribution in [1.29, 1.82) is 0 Å². The molecule has 0 unspecified atom stereocenters. The summed E-state index contributed by atoms with van der Waals surface area (Å²) in [6, 6.07) is 34.3. The third-order valence-electron chi connectivity index (χ3n) is 4.49. The first-order valence-electron chi connectivity index (χ1n) is 9.24. The number of rotatable bonds is 5. The zero-order chi connectivity index (χ0) is 20.1. The summed E-state index contributed by atoms with van der Waals surface area (Å²) in [4.78, 5) is 4.73. The van der Waals surface area contributed by atoms with Gasteiger partial charge in [0.25, 0.3) is 0 Å². The van der Waals surface area contributed by atoms with Crippen LogP contribution in [0.25, 0.3) is 0 Å². The predicted molar refractivity (Wildman–Crippen MR) is 126 cm³/mol. The van der Waals surface area contributed by atoms with Gasteiger partial charge in [0.15, 0.2) is 0 Å². The molecule has 0 saturated heterocycles. The molecule has 0 heterocycles. The van der Waals surface area contributed by atoms with Gasteiger partial charge in [-0.15, -0.1) is 0 Å². The molecular formula is C25H19ClNOP. The molecule has 1 N–H and O–H groups in total. The van der Waals surface area contributed by atoms with Crippen LogP contribution in [0.2, 0.25) is 5.02 Å². The van der Waals surface area contributed by atoms with Gasteiger partial charge in [-0.05, 0) is 42.8 Å². The summed E-state index contributed by atoms with van der Waals surface area (Å²) in [6.07, 6.45) is 1.69. The van der Waals surface area contributed by atoms with E-state index in [1.54, 1.807) is 18.3 Å². The number of hydrogen-bond acceptors (Lipinski definition) is 2. The minimum atomic E-state index is -0.757. The van der Waals surface area contributed by atoms with Crippen molar-refractivity contribution in [3.05, 3.63) is 114 Å². The Morgan fingerprint density at radius 1 is 0.724 bits per heavy atom. The number of aliphatic imine (C=N–C) groups is 1. The summed E-state index contributed by atoms with van der Waals surface area (Å²) in [6.45, 7) is 0. The summed E-state index contributed by atoms with van der Waals surface area (Å²) in [5.74, 6) is 0.118. The van der Waals surface area contributed by atoms with Crippen LogP contribution in [0.1, 0.15) is 5.56 Å². The molecule has 0 aliphatic heterocycles. The molecule has 0 aliphatic carbocycles. The fraction of sp³-hybridized carbons (Fsp3) is 0. The van der Waals surface area contributed by atoms with Crippen molar-refractivity contribution in [2.75, 3.05) is 0 Å². The van der Waals surface area contributed by atoms with E-state index in [-0.39, 0.29) is 5.75 Å². The van der Waals surface area contributed by atoms with E-state index in [0.29, 0.717) is 10.6 Å². The Balaban J connectivity index is 1.80. The van der Waals surface area contributed by atoms with E-state index in [1.807, 2.05) is 24.3 Å². The number of para-hydroxylation sites is 1. The van der Waals surface area contributed by atoms with Gasteiger partial charge in [0, 0.05) is 22.1 Å². The van der Waals surface area contributed by atoms with Crippen LogP contribution in [0, 0.1) is 0 Å². The van der Waals surface area contributed by atoms with E-state index >= 15 is 0 Å². The molecule has 0 fully saturated rings. The third kappa shape index (κ3) is 4.56. The quantitative estimate of drug-likeness (QED) is 0.336. The van der Waals surface area contributed by atoms with Gasteiger partial charge >= 0.3 is 0 Å². The minimum Gasteiger partial charge on any atom is -0.507 e. The van der Waals surface area contributed by atoms with E-state index in [9.17, 15) is 5.11 Å². The molecule has 29 heavy (non-hydrogen) atoms. The molecule has 0 aromatic heterocycles. The molecule has 4 aromatic carbocycles. The molecule has 0 spiro atoms. The van der Waals surface area contributed by atoms with Crippen LogP contribution in [0.15, 0.2) is 108 Å². The Morgan fingerprint density at radius 3 is 1.93 bits per heavy atom. The van der Waals surface area contributed by atoms with Gasteiger partial charge in [-0.25, -0.2) is 0 Å². The summed E-state index contributed by atoms with van der Waals surface area (Å²) in [5, 5.41) is 14.3. The molecule has 0 atom stereocenters.